The van der Waals surface area contributed by atoms with Gasteiger partial charge in [-0.05, 0) is 17.7 Å². The summed E-state index contributed by atoms with van der Waals surface area (Å²) in [5.41, 5.74) is 9.08. The van der Waals surface area contributed by atoms with E-state index in [0.717, 1.165) is 22.2 Å². The molecule has 0 unspecified atom stereocenters. The van der Waals surface area contributed by atoms with Crippen molar-refractivity contribution in [1.82, 2.24) is 9.97 Å². The van der Waals surface area contributed by atoms with Crippen molar-refractivity contribution >= 4 is 16.9 Å². The number of benzene rings is 1. The molecule has 0 aliphatic heterocycles. The number of H-pyrrole nitrogens is 1. The topological polar surface area (TPSA) is 71.8 Å². The molecule has 0 aliphatic rings. The van der Waals surface area contributed by atoms with E-state index in [1.54, 1.807) is 6.20 Å². The first-order valence-corrected chi connectivity index (χ1v) is 5.59. The minimum atomic E-state index is -0.480. The number of hydrogen-bond acceptors (Lipinski definition) is 2. The number of pyridine rings is 1. The SMILES string of the molecule is NC(=O)c1[nH]c2cccnc2c1-c1ccccc1. The number of aromatic amines is 1. The zero-order valence-electron chi connectivity index (χ0n) is 9.55. The number of nitrogens with zero attached hydrogens (tertiary/aromatic N) is 1. The zero-order valence-corrected chi connectivity index (χ0v) is 9.55. The summed E-state index contributed by atoms with van der Waals surface area (Å²) in [5, 5.41) is 0. The van der Waals surface area contributed by atoms with Gasteiger partial charge in [0.15, 0.2) is 0 Å². The molecule has 1 amide bonds. The van der Waals surface area contributed by atoms with Crippen molar-refractivity contribution < 1.29 is 4.79 Å². The molecule has 0 spiro atoms. The standard InChI is InChI=1S/C14H11N3O/c15-14(18)13-11(9-5-2-1-3-6-9)12-10(17-13)7-4-8-16-12/h1-8,17H,(H2,15,18). The summed E-state index contributed by atoms with van der Waals surface area (Å²) >= 11 is 0. The molecule has 2 aromatic heterocycles. The molecule has 0 bridgehead atoms. The number of amides is 1. The van der Waals surface area contributed by atoms with Crippen LogP contribution in [0.15, 0.2) is 48.7 Å². The van der Waals surface area contributed by atoms with E-state index >= 15 is 0 Å². The molecule has 4 nitrogen and oxygen atoms in total. The Hall–Kier alpha value is -2.62. The Bertz CT molecular complexity index is 716. The van der Waals surface area contributed by atoms with Gasteiger partial charge < -0.3 is 10.7 Å². The van der Waals surface area contributed by atoms with Gasteiger partial charge in [-0.2, -0.15) is 0 Å². The summed E-state index contributed by atoms with van der Waals surface area (Å²) in [6.45, 7) is 0. The Kier molecular flexibility index (Phi) is 2.34. The van der Waals surface area contributed by atoms with Gasteiger partial charge in [-0.1, -0.05) is 30.3 Å². The van der Waals surface area contributed by atoms with Gasteiger partial charge >= 0.3 is 0 Å². The lowest BCUT2D eigenvalue weighted by Crippen LogP contribution is -2.12. The quantitative estimate of drug-likeness (QED) is 0.718. The second kappa shape index (κ2) is 4.00. The van der Waals surface area contributed by atoms with E-state index in [-0.39, 0.29) is 0 Å². The molecule has 1 aromatic carbocycles. The van der Waals surface area contributed by atoms with Gasteiger partial charge in [-0.15, -0.1) is 0 Å². The van der Waals surface area contributed by atoms with Gasteiger partial charge in [0, 0.05) is 11.8 Å². The maximum atomic E-state index is 11.5. The minimum Gasteiger partial charge on any atom is -0.364 e. The highest BCUT2D eigenvalue weighted by Crippen LogP contribution is 2.30. The molecule has 4 heteroatoms. The molecular weight excluding hydrogens is 226 g/mol. The van der Waals surface area contributed by atoms with Crippen LogP contribution in [0.2, 0.25) is 0 Å². The predicted octanol–water partition coefficient (Wildman–Crippen LogP) is 2.33. The van der Waals surface area contributed by atoms with Gasteiger partial charge in [0.1, 0.15) is 5.69 Å². The van der Waals surface area contributed by atoms with Gasteiger partial charge in [-0.25, -0.2) is 0 Å². The molecule has 0 saturated heterocycles. The van der Waals surface area contributed by atoms with Gasteiger partial charge in [0.05, 0.1) is 11.0 Å². The Morgan fingerprint density at radius 1 is 1.11 bits per heavy atom. The third-order valence-corrected chi connectivity index (χ3v) is 2.86. The molecule has 3 N–H and O–H groups in total. The van der Waals surface area contributed by atoms with E-state index < -0.39 is 5.91 Å². The van der Waals surface area contributed by atoms with Crippen LogP contribution in [0.25, 0.3) is 22.2 Å². The summed E-state index contributed by atoms with van der Waals surface area (Å²) in [7, 11) is 0. The lowest BCUT2D eigenvalue weighted by molar-refractivity contribution is 0.0997. The fourth-order valence-corrected chi connectivity index (χ4v) is 2.09. The van der Waals surface area contributed by atoms with Gasteiger partial charge in [0.25, 0.3) is 5.91 Å². The second-order valence-electron chi connectivity index (χ2n) is 4.00. The molecule has 3 rings (SSSR count). The lowest BCUT2D eigenvalue weighted by atomic mass is 10.0. The zero-order chi connectivity index (χ0) is 12.5. The molecule has 2 heterocycles. The predicted molar refractivity (Wildman–Crippen MR) is 70.0 cm³/mol. The highest BCUT2D eigenvalue weighted by Gasteiger charge is 2.17. The van der Waals surface area contributed by atoms with Crippen molar-refractivity contribution in [3.05, 3.63) is 54.4 Å². The van der Waals surface area contributed by atoms with Crippen molar-refractivity contribution in [2.24, 2.45) is 5.73 Å². The fourth-order valence-electron chi connectivity index (χ4n) is 2.09. The number of carbonyl (C=O) groups excluding carboxylic acids is 1. The van der Waals surface area contributed by atoms with Crippen LogP contribution in [0, 0.1) is 0 Å². The number of rotatable bonds is 2. The van der Waals surface area contributed by atoms with Crippen LogP contribution in [0.4, 0.5) is 0 Å². The fraction of sp³-hybridized carbons (Fsp3) is 0. The third kappa shape index (κ3) is 1.55. The van der Waals surface area contributed by atoms with Crippen LogP contribution in [-0.2, 0) is 0 Å². The highest BCUT2D eigenvalue weighted by atomic mass is 16.1. The Labute approximate surface area is 103 Å². The Balaban J connectivity index is 2.38. The third-order valence-electron chi connectivity index (χ3n) is 2.86. The van der Waals surface area contributed by atoms with Gasteiger partial charge in [-0.3, -0.25) is 9.78 Å². The van der Waals surface area contributed by atoms with Crippen molar-refractivity contribution in [2.75, 3.05) is 0 Å². The maximum absolute atomic E-state index is 11.5. The van der Waals surface area contributed by atoms with Crippen LogP contribution in [-0.4, -0.2) is 15.9 Å². The number of primary amides is 1. The number of fused-ring (bicyclic) bond motifs is 1. The number of nitrogens with one attached hydrogen (secondary N) is 1. The summed E-state index contributed by atoms with van der Waals surface area (Å²) in [6.07, 6.45) is 1.70. The molecule has 88 valence electrons. The molecular formula is C14H11N3O. The van der Waals surface area contributed by atoms with Crippen molar-refractivity contribution in [3.8, 4) is 11.1 Å². The van der Waals surface area contributed by atoms with Crippen LogP contribution in [0.5, 0.6) is 0 Å². The molecule has 0 radical (unpaired) electrons. The summed E-state index contributed by atoms with van der Waals surface area (Å²) < 4.78 is 0. The van der Waals surface area contributed by atoms with Crippen molar-refractivity contribution in [1.29, 1.82) is 0 Å². The Morgan fingerprint density at radius 2 is 1.89 bits per heavy atom. The average Bonchev–Trinajstić information content (AvgIpc) is 2.79. The first-order valence-electron chi connectivity index (χ1n) is 5.59. The summed E-state index contributed by atoms with van der Waals surface area (Å²) in [5.74, 6) is -0.480. The highest BCUT2D eigenvalue weighted by molar-refractivity contribution is 6.07. The van der Waals surface area contributed by atoms with Gasteiger partial charge in [0.2, 0.25) is 0 Å². The van der Waals surface area contributed by atoms with Crippen molar-refractivity contribution in [3.63, 3.8) is 0 Å². The number of hydrogen-bond donors (Lipinski definition) is 2. The van der Waals surface area contributed by atoms with Crippen molar-refractivity contribution in [2.45, 2.75) is 0 Å². The van der Waals surface area contributed by atoms with Crippen LogP contribution < -0.4 is 5.73 Å². The number of carbonyl (C=O) groups is 1. The maximum Gasteiger partial charge on any atom is 0.265 e. The van der Waals surface area contributed by atoms with Crippen LogP contribution in [0.1, 0.15) is 10.5 Å². The molecule has 0 fully saturated rings. The second-order valence-corrected chi connectivity index (χ2v) is 4.00. The lowest BCUT2D eigenvalue weighted by Gasteiger charge is -2.01. The van der Waals surface area contributed by atoms with E-state index in [2.05, 4.69) is 9.97 Å². The van der Waals surface area contributed by atoms with E-state index in [0.29, 0.717) is 5.69 Å². The van der Waals surface area contributed by atoms with E-state index in [1.807, 2.05) is 42.5 Å². The summed E-state index contributed by atoms with van der Waals surface area (Å²) in [6, 6.07) is 13.3. The number of nitrogens with two attached hydrogens (primary N) is 1. The van der Waals surface area contributed by atoms with Crippen LogP contribution >= 0.6 is 0 Å². The Morgan fingerprint density at radius 3 is 2.61 bits per heavy atom. The molecule has 3 aromatic rings. The van der Waals surface area contributed by atoms with E-state index in [1.165, 1.54) is 0 Å². The summed E-state index contributed by atoms with van der Waals surface area (Å²) in [4.78, 5) is 18.9. The first kappa shape index (κ1) is 10.5. The first-order chi connectivity index (χ1) is 8.77. The molecule has 0 saturated carbocycles. The van der Waals surface area contributed by atoms with Crippen LogP contribution in [0.3, 0.4) is 0 Å². The number of aromatic nitrogens is 2. The van der Waals surface area contributed by atoms with E-state index in [9.17, 15) is 4.79 Å². The minimum absolute atomic E-state index is 0.398. The molecule has 0 atom stereocenters. The smallest absolute Gasteiger partial charge is 0.265 e. The largest absolute Gasteiger partial charge is 0.364 e. The monoisotopic (exact) mass is 237 g/mol. The molecule has 0 aliphatic carbocycles. The average molecular weight is 237 g/mol. The molecule has 18 heavy (non-hydrogen) atoms. The van der Waals surface area contributed by atoms with E-state index in [4.69, 9.17) is 5.73 Å². The normalized spacial score (nSPS) is 10.7.